The predicted octanol–water partition coefficient (Wildman–Crippen LogP) is 3.32. The minimum Gasteiger partial charge on any atom is -0.282 e. The van der Waals surface area contributed by atoms with E-state index in [1.165, 1.54) is 38.4 Å². The Balaban J connectivity index is 2.33. The minimum atomic E-state index is -3.97. The highest BCUT2D eigenvalue weighted by Gasteiger charge is 2.21. The van der Waals surface area contributed by atoms with E-state index in [4.69, 9.17) is 23.2 Å². The summed E-state index contributed by atoms with van der Waals surface area (Å²) in [7, 11) is -5.04. The Morgan fingerprint density at radius 3 is 2.19 bits per heavy atom. The summed E-state index contributed by atoms with van der Waals surface area (Å²) in [5.74, 6) is -1.28. The van der Waals surface area contributed by atoms with Crippen LogP contribution in [0.15, 0.2) is 41.3 Å². The summed E-state index contributed by atoms with van der Waals surface area (Å²) in [5.41, 5.74) is 0.0802. The highest BCUT2D eigenvalue weighted by atomic mass is 35.5. The zero-order valence-electron chi connectivity index (χ0n) is 13.7. The fourth-order valence-corrected chi connectivity index (χ4v) is 4.47. The third-order valence-electron chi connectivity index (χ3n) is 3.32. The maximum absolute atomic E-state index is 13.5. The van der Waals surface area contributed by atoms with E-state index in [0.717, 1.165) is 16.4 Å². The summed E-state index contributed by atoms with van der Waals surface area (Å²) in [6, 6.07) is 7.30. The highest BCUT2D eigenvalue weighted by Crippen LogP contribution is 2.28. The van der Waals surface area contributed by atoms with Gasteiger partial charge >= 0.3 is 0 Å². The van der Waals surface area contributed by atoms with E-state index >= 15 is 0 Å². The van der Waals surface area contributed by atoms with Gasteiger partial charge in [-0.05, 0) is 35.9 Å². The SMILES string of the molecule is CN(C)S(=O)(=O)c1ccc(Cl)c(NS(=O)(=O)Cc2ccc(Cl)c(F)c2)c1. The summed E-state index contributed by atoms with van der Waals surface area (Å²) < 4.78 is 65.7. The van der Waals surface area contributed by atoms with Gasteiger partial charge < -0.3 is 0 Å². The van der Waals surface area contributed by atoms with Crippen molar-refractivity contribution in [3.05, 3.63) is 57.8 Å². The number of anilines is 1. The molecule has 6 nitrogen and oxygen atoms in total. The molecule has 0 radical (unpaired) electrons. The normalized spacial score (nSPS) is 12.4. The summed E-state index contributed by atoms with van der Waals surface area (Å²) in [6.07, 6.45) is 0. The number of hydrogen-bond donors (Lipinski definition) is 1. The maximum atomic E-state index is 13.5. The molecule has 0 aliphatic heterocycles. The summed E-state index contributed by atoms with van der Waals surface area (Å²) in [4.78, 5) is -0.123. The quantitative estimate of drug-likeness (QED) is 0.746. The number of nitrogens with zero attached hydrogens (tertiary/aromatic N) is 1. The zero-order chi connectivity index (χ0) is 19.7. The van der Waals surface area contributed by atoms with Crippen molar-refractivity contribution in [2.45, 2.75) is 10.6 Å². The lowest BCUT2D eigenvalue weighted by Gasteiger charge is -2.14. The van der Waals surface area contributed by atoms with Crippen molar-refractivity contribution in [3.63, 3.8) is 0 Å². The van der Waals surface area contributed by atoms with Crippen LogP contribution in [0.4, 0.5) is 10.1 Å². The molecule has 0 heterocycles. The first kappa shape index (κ1) is 20.9. The summed E-state index contributed by atoms with van der Waals surface area (Å²) in [6.45, 7) is 0. The van der Waals surface area contributed by atoms with E-state index in [9.17, 15) is 21.2 Å². The molecule has 0 unspecified atom stereocenters. The van der Waals surface area contributed by atoms with Crippen LogP contribution in [0.1, 0.15) is 5.56 Å². The van der Waals surface area contributed by atoms with Gasteiger partial charge in [0.15, 0.2) is 0 Å². The van der Waals surface area contributed by atoms with Crippen LogP contribution >= 0.6 is 23.2 Å². The van der Waals surface area contributed by atoms with Gasteiger partial charge in [0.25, 0.3) is 0 Å². The van der Waals surface area contributed by atoms with Crippen molar-refractivity contribution >= 4 is 48.9 Å². The van der Waals surface area contributed by atoms with Crippen LogP contribution in [0.3, 0.4) is 0 Å². The predicted molar refractivity (Wildman–Crippen MR) is 100.0 cm³/mol. The Morgan fingerprint density at radius 1 is 1.00 bits per heavy atom. The second kappa shape index (κ2) is 7.69. The first-order valence-electron chi connectivity index (χ1n) is 7.09. The Morgan fingerprint density at radius 2 is 1.62 bits per heavy atom. The van der Waals surface area contributed by atoms with Gasteiger partial charge in [0.2, 0.25) is 20.0 Å². The van der Waals surface area contributed by atoms with Gasteiger partial charge in [0.05, 0.1) is 26.4 Å². The number of halogens is 3. The molecule has 0 spiro atoms. The fourth-order valence-electron chi connectivity index (χ4n) is 2.01. The lowest BCUT2D eigenvalue weighted by molar-refractivity contribution is 0.520. The first-order valence-corrected chi connectivity index (χ1v) is 10.9. The van der Waals surface area contributed by atoms with Gasteiger partial charge in [-0.3, -0.25) is 4.72 Å². The van der Waals surface area contributed by atoms with Gasteiger partial charge in [-0.2, -0.15) is 0 Å². The molecule has 2 rings (SSSR count). The Kier molecular flexibility index (Phi) is 6.19. The maximum Gasteiger partial charge on any atom is 0.242 e. The number of nitrogens with one attached hydrogen (secondary N) is 1. The van der Waals surface area contributed by atoms with Crippen LogP contribution in [0, 0.1) is 5.82 Å². The van der Waals surface area contributed by atoms with Gasteiger partial charge in [0, 0.05) is 14.1 Å². The summed E-state index contributed by atoms with van der Waals surface area (Å²) in [5, 5.41) is -0.0997. The van der Waals surface area contributed by atoms with Crippen molar-refractivity contribution in [1.29, 1.82) is 0 Å². The molecule has 0 amide bonds. The molecule has 0 aromatic heterocycles. The fraction of sp³-hybridized carbons (Fsp3) is 0.200. The number of sulfonamides is 2. The molecular formula is C15H15Cl2FN2O4S2. The van der Waals surface area contributed by atoms with Crippen LogP contribution in [0.25, 0.3) is 0 Å². The van der Waals surface area contributed by atoms with Gasteiger partial charge in [0.1, 0.15) is 5.82 Å². The van der Waals surface area contributed by atoms with Crippen LogP contribution < -0.4 is 4.72 Å². The molecule has 0 aliphatic rings. The molecule has 0 saturated heterocycles. The molecule has 1 N–H and O–H groups in total. The van der Waals surface area contributed by atoms with Crippen LogP contribution in [0.5, 0.6) is 0 Å². The van der Waals surface area contributed by atoms with Crippen molar-refractivity contribution in [1.82, 2.24) is 4.31 Å². The summed E-state index contributed by atoms with van der Waals surface area (Å²) >= 11 is 11.5. The van der Waals surface area contributed by atoms with Crippen molar-refractivity contribution < 1.29 is 21.2 Å². The molecule has 26 heavy (non-hydrogen) atoms. The third-order valence-corrected chi connectivity index (χ3v) is 7.01. The molecule has 0 bridgehead atoms. The Hall–Kier alpha value is -1.39. The van der Waals surface area contributed by atoms with E-state index in [1.54, 1.807) is 0 Å². The van der Waals surface area contributed by atoms with E-state index < -0.39 is 31.6 Å². The number of rotatable bonds is 6. The second-order valence-electron chi connectivity index (χ2n) is 5.54. The largest absolute Gasteiger partial charge is 0.282 e. The topological polar surface area (TPSA) is 83.6 Å². The molecule has 11 heteroatoms. The molecule has 0 fully saturated rings. The standard InChI is InChI=1S/C15H15Cl2FN2O4S2/c1-20(2)26(23,24)11-4-6-13(17)15(8-11)19-25(21,22)9-10-3-5-12(16)14(18)7-10/h3-8,19H,9H2,1-2H3. The second-order valence-corrected chi connectivity index (χ2v) is 10.2. The van der Waals surface area contributed by atoms with Crippen LogP contribution in [-0.2, 0) is 25.8 Å². The first-order chi connectivity index (χ1) is 11.9. The smallest absolute Gasteiger partial charge is 0.242 e. The number of hydrogen-bond acceptors (Lipinski definition) is 4. The van der Waals surface area contributed by atoms with Gasteiger partial charge in [-0.25, -0.2) is 25.5 Å². The van der Waals surface area contributed by atoms with Gasteiger partial charge in [-0.15, -0.1) is 0 Å². The highest BCUT2D eigenvalue weighted by molar-refractivity contribution is 7.92. The van der Waals surface area contributed by atoms with E-state index in [0.29, 0.717) is 0 Å². The van der Waals surface area contributed by atoms with Crippen LogP contribution in [0.2, 0.25) is 10.0 Å². The van der Waals surface area contributed by atoms with Crippen molar-refractivity contribution in [2.24, 2.45) is 0 Å². The molecule has 142 valence electrons. The third kappa shape index (κ3) is 4.86. The van der Waals surface area contributed by atoms with E-state index in [1.807, 2.05) is 0 Å². The van der Waals surface area contributed by atoms with Crippen LogP contribution in [-0.4, -0.2) is 35.2 Å². The average Bonchev–Trinajstić information content (AvgIpc) is 2.52. The Labute approximate surface area is 161 Å². The molecular weight excluding hydrogens is 426 g/mol. The van der Waals surface area contributed by atoms with E-state index in [2.05, 4.69) is 4.72 Å². The molecule has 0 saturated carbocycles. The molecule has 2 aromatic rings. The zero-order valence-corrected chi connectivity index (χ0v) is 16.8. The van der Waals surface area contributed by atoms with Crippen molar-refractivity contribution in [2.75, 3.05) is 18.8 Å². The molecule has 2 aromatic carbocycles. The Bertz CT molecular complexity index is 1040. The lowest BCUT2D eigenvalue weighted by atomic mass is 10.2. The average molecular weight is 441 g/mol. The molecule has 0 atom stereocenters. The van der Waals surface area contributed by atoms with Gasteiger partial charge in [-0.1, -0.05) is 29.3 Å². The van der Waals surface area contributed by atoms with Crippen molar-refractivity contribution in [3.8, 4) is 0 Å². The lowest BCUT2D eigenvalue weighted by Crippen LogP contribution is -2.22. The van der Waals surface area contributed by atoms with E-state index in [-0.39, 0.29) is 26.2 Å². The molecule has 0 aliphatic carbocycles. The minimum absolute atomic E-state index is 0.0218. The number of benzene rings is 2. The monoisotopic (exact) mass is 440 g/mol.